The summed E-state index contributed by atoms with van der Waals surface area (Å²) in [6.45, 7) is 5.66. The summed E-state index contributed by atoms with van der Waals surface area (Å²) in [5, 5.41) is 0. The maximum Gasteiger partial charge on any atom is 0.281 e. The smallest absolute Gasteiger partial charge is 0.281 e. The summed E-state index contributed by atoms with van der Waals surface area (Å²) in [4.78, 5) is 35.2. The van der Waals surface area contributed by atoms with Gasteiger partial charge in [0.15, 0.2) is 0 Å². The van der Waals surface area contributed by atoms with Crippen LogP contribution < -0.4 is 4.74 Å². The molecule has 0 fully saturated rings. The number of aromatic amines is 1. The third-order valence-electron chi connectivity index (χ3n) is 2.18. The van der Waals surface area contributed by atoms with Gasteiger partial charge in [-0.05, 0) is 20.8 Å². The largest absolute Gasteiger partial charge is 0.492 e. The summed E-state index contributed by atoms with van der Waals surface area (Å²) < 4.78 is 5.32. The molecule has 1 aromatic heterocycles. The third-order valence-corrected chi connectivity index (χ3v) is 2.18. The molecule has 16 heavy (non-hydrogen) atoms. The van der Waals surface area contributed by atoms with E-state index < -0.39 is 11.6 Å². The summed E-state index contributed by atoms with van der Waals surface area (Å²) in [7, 11) is 0. The molecule has 0 amide bonds. The van der Waals surface area contributed by atoms with Crippen molar-refractivity contribution in [3.63, 3.8) is 0 Å². The number of nitrogens with one attached hydrogen (secondary N) is 1. The van der Waals surface area contributed by atoms with Crippen molar-refractivity contribution in [3.8, 4) is 5.75 Å². The molecule has 5 nitrogen and oxygen atoms in total. The Kier molecular flexibility index (Phi) is 3.60. The van der Waals surface area contributed by atoms with Gasteiger partial charge in [0.1, 0.15) is 5.75 Å². The summed E-state index contributed by atoms with van der Waals surface area (Å²) in [6.07, 6.45) is 1.05. The van der Waals surface area contributed by atoms with Gasteiger partial charge in [-0.1, -0.05) is 0 Å². The molecule has 0 spiro atoms. The number of hydrogen-bond acceptors (Lipinski definition) is 4. The minimum atomic E-state index is -1.19. The van der Waals surface area contributed by atoms with E-state index in [1.165, 1.54) is 0 Å². The fourth-order valence-electron chi connectivity index (χ4n) is 1.48. The monoisotopic (exact) mass is 222 g/mol. The Morgan fingerprint density at radius 2 is 2.00 bits per heavy atom. The SMILES string of the molecule is CCOc1c(C)[nH]c(C(=O)C(=O)[C]=O)c1C. The predicted octanol–water partition coefficient (Wildman–Crippen LogP) is 0.892. The number of H-pyrrole nitrogens is 1. The molecule has 0 aliphatic heterocycles. The molecule has 0 aromatic carbocycles. The van der Waals surface area contributed by atoms with E-state index in [0.717, 1.165) is 6.29 Å². The molecule has 1 N–H and O–H groups in total. The van der Waals surface area contributed by atoms with Crippen LogP contribution in [-0.4, -0.2) is 29.4 Å². The number of ketones is 2. The first-order chi connectivity index (χ1) is 7.52. The average molecular weight is 222 g/mol. The molecule has 0 aliphatic rings. The Morgan fingerprint density at radius 3 is 2.50 bits per heavy atom. The molecule has 0 bridgehead atoms. The number of carbonyl (C=O) groups is 2. The fourth-order valence-corrected chi connectivity index (χ4v) is 1.48. The van der Waals surface area contributed by atoms with Crippen molar-refractivity contribution in [2.75, 3.05) is 6.61 Å². The van der Waals surface area contributed by atoms with Crippen LogP contribution in [-0.2, 0) is 9.59 Å². The topological polar surface area (TPSA) is 76.2 Å². The second-order valence-electron chi connectivity index (χ2n) is 3.27. The molecule has 1 aromatic rings. The van der Waals surface area contributed by atoms with E-state index in [9.17, 15) is 14.4 Å². The van der Waals surface area contributed by atoms with Gasteiger partial charge in [0.25, 0.3) is 17.9 Å². The number of Topliss-reactive ketones (excluding diaryl/α,β-unsaturated/α-hetero) is 2. The zero-order chi connectivity index (χ0) is 12.3. The Morgan fingerprint density at radius 1 is 1.38 bits per heavy atom. The Labute approximate surface area is 92.8 Å². The number of hydrogen-bond donors (Lipinski definition) is 1. The highest BCUT2D eigenvalue weighted by molar-refractivity contribution is 6.61. The number of aryl methyl sites for hydroxylation is 1. The number of aromatic nitrogens is 1. The molecule has 0 atom stereocenters. The molecule has 85 valence electrons. The van der Waals surface area contributed by atoms with E-state index in [1.54, 1.807) is 13.8 Å². The lowest BCUT2D eigenvalue weighted by Gasteiger charge is -2.02. The lowest BCUT2D eigenvalue weighted by Crippen LogP contribution is -2.16. The lowest BCUT2D eigenvalue weighted by atomic mass is 10.1. The third kappa shape index (κ3) is 2.03. The highest BCUT2D eigenvalue weighted by Gasteiger charge is 2.23. The highest BCUT2D eigenvalue weighted by Crippen LogP contribution is 2.26. The second-order valence-corrected chi connectivity index (χ2v) is 3.27. The van der Waals surface area contributed by atoms with Crippen LogP contribution in [0.25, 0.3) is 0 Å². The van der Waals surface area contributed by atoms with Crippen molar-refractivity contribution in [1.82, 2.24) is 4.98 Å². The lowest BCUT2D eigenvalue weighted by molar-refractivity contribution is -0.109. The summed E-state index contributed by atoms with van der Waals surface area (Å²) >= 11 is 0. The molecule has 0 aliphatic carbocycles. The van der Waals surface area contributed by atoms with Crippen molar-refractivity contribution in [2.24, 2.45) is 0 Å². The van der Waals surface area contributed by atoms with Crippen LogP contribution in [0, 0.1) is 13.8 Å². The minimum Gasteiger partial charge on any atom is -0.492 e. The van der Waals surface area contributed by atoms with Crippen LogP contribution in [0.4, 0.5) is 0 Å². The van der Waals surface area contributed by atoms with E-state index >= 15 is 0 Å². The molecule has 1 rings (SSSR count). The van der Waals surface area contributed by atoms with Crippen LogP contribution in [0.2, 0.25) is 0 Å². The van der Waals surface area contributed by atoms with Crippen LogP contribution in [0.5, 0.6) is 5.75 Å². The van der Waals surface area contributed by atoms with Gasteiger partial charge in [-0.25, -0.2) is 0 Å². The van der Waals surface area contributed by atoms with E-state index in [1.807, 2.05) is 6.92 Å². The maximum atomic E-state index is 11.5. The van der Waals surface area contributed by atoms with Gasteiger partial charge in [-0.3, -0.25) is 14.4 Å². The first-order valence-electron chi connectivity index (χ1n) is 4.81. The molecular weight excluding hydrogens is 210 g/mol. The van der Waals surface area contributed by atoms with E-state index in [0.29, 0.717) is 23.6 Å². The van der Waals surface area contributed by atoms with Crippen molar-refractivity contribution in [2.45, 2.75) is 20.8 Å². The summed E-state index contributed by atoms with van der Waals surface area (Å²) in [6, 6.07) is 0. The summed E-state index contributed by atoms with van der Waals surface area (Å²) in [5.41, 5.74) is 1.28. The maximum absolute atomic E-state index is 11.5. The van der Waals surface area contributed by atoms with Gasteiger partial charge in [0, 0.05) is 5.56 Å². The van der Waals surface area contributed by atoms with E-state index in [2.05, 4.69) is 4.98 Å². The second kappa shape index (κ2) is 4.74. The molecular formula is C11H12NO4. The average Bonchev–Trinajstić information content (AvgIpc) is 2.55. The quantitative estimate of drug-likeness (QED) is 0.456. The highest BCUT2D eigenvalue weighted by atomic mass is 16.5. The molecule has 0 unspecified atom stereocenters. The number of rotatable bonds is 5. The van der Waals surface area contributed by atoms with Crippen LogP contribution in [0.15, 0.2) is 0 Å². The van der Waals surface area contributed by atoms with Crippen molar-refractivity contribution in [3.05, 3.63) is 17.0 Å². The van der Waals surface area contributed by atoms with E-state index in [-0.39, 0.29) is 5.69 Å². The molecule has 0 saturated carbocycles. The predicted molar refractivity (Wildman–Crippen MR) is 56.5 cm³/mol. The Hall–Kier alpha value is -1.91. The molecule has 1 radical (unpaired) electrons. The van der Waals surface area contributed by atoms with Crippen molar-refractivity contribution >= 4 is 17.9 Å². The van der Waals surface area contributed by atoms with Crippen molar-refractivity contribution in [1.29, 1.82) is 0 Å². The van der Waals surface area contributed by atoms with E-state index in [4.69, 9.17) is 4.74 Å². The van der Waals surface area contributed by atoms with Gasteiger partial charge in [0.05, 0.1) is 18.0 Å². The number of carbonyl (C=O) groups excluding carboxylic acids is 3. The van der Waals surface area contributed by atoms with Gasteiger partial charge >= 0.3 is 0 Å². The van der Waals surface area contributed by atoms with Gasteiger partial charge in [0.2, 0.25) is 0 Å². The van der Waals surface area contributed by atoms with Crippen LogP contribution in [0.1, 0.15) is 28.7 Å². The van der Waals surface area contributed by atoms with Gasteiger partial charge < -0.3 is 9.72 Å². The standard InChI is InChI=1S/C11H12NO4/c1-4-16-11-6(2)9(12-7(11)3)10(15)8(14)5-13/h12H,4H2,1-3H3. The van der Waals surface area contributed by atoms with Crippen LogP contribution >= 0.6 is 0 Å². The number of ether oxygens (including phenoxy) is 1. The Bertz CT molecular complexity index is 445. The first kappa shape index (κ1) is 12.2. The molecule has 5 heteroatoms. The van der Waals surface area contributed by atoms with Crippen LogP contribution in [0.3, 0.4) is 0 Å². The van der Waals surface area contributed by atoms with Crippen molar-refractivity contribution < 1.29 is 19.1 Å². The summed E-state index contributed by atoms with van der Waals surface area (Å²) in [5.74, 6) is -1.53. The Balaban J connectivity index is 3.16. The fraction of sp³-hybridized carbons (Fsp3) is 0.364. The van der Waals surface area contributed by atoms with Gasteiger partial charge in [-0.2, -0.15) is 0 Å². The zero-order valence-electron chi connectivity index (χ0n) is 9.34. The zero-order valence-corrected chi connectivity index (χ0v) is 9.34. The molecule has 0 saturated heterocycles. The first-order valence-corrected chi connectivity index (χ1v) is 4.81. The minimum absolute atomic E-state index is 0.0919. The molecule has 1 heterocycles. The normalized spacial score (nSPS) is 9.94. The van der Waals surface area contributed by atoms with Gasteiger partial charge in [-0.15, -0.1) is 0 Å².